The van der Waals surface area contributed by atoms with Gasteiger partial charge in [0.1, 0.15) is 10.8 Å². The molecule has 3 aromatic rings. The van der Waals surface area contributed by atoms with E-state index in [-0.39, 0.29) is 12.7 Å². The Morgan fingerprint density at radius 1 is 1.29 bits per heavy atom. The smallest absolute Gasteiger partial charge is 0.233 e. The third kappa shape index (κ3) is 4.57. The number of fused-ring (bicyclic) bond motifs is 1. The lowest BCUT2D eigenvalue weighted by atomic mass is 10.1. The van der Waals surface area contributed by atoms with Crippen LogP contribution in [0.2, 0.25) is 0 Å². The van der Waals surface area contributed by atoms with E-state index >= 15 is 0 Å². The summed E-state index contributed by atoms with van der Waals surface area (Å²) in [6, 6.07) is 5.65. The number of ether oxygens (including phenoxy) is 1. The van der Waals surface area contributed by atoms with Crippen LogP contribution in [0.25, 0.3) is 15.7 Å². The SMILES string of the molecule is Cc1c2c(nn1-c1nnc(-c3ccc(OC(C)C)c(N)c3)s1)CCN(C[C@@H](O)CO)C2. The molecule has 0 radical (unpaired) electrons. The highest BCUT2D eigenvalue weighted by molar-refractivity contribution is 7.17. The highest BCUT2D eigenvalue weighted by Gasteiger charge is 2.25. The molecular weight excluding hydrogens is 416 g/mol. The van der Waals surface area contributed by atoms with Crippen LogP contribution in [0.15, 0.2) is 18.2 Å². The van der Waals surface area contributed by atoms with Crippen LogP contribution in [-0.2, 0) is 13.0 Å². The van der Waals surface area contributed by atoms with Crippen molar-refractivity contribution in [3.8, 4) is 21.5 Å². The molecule has 10 heteroatoms. The van der Waals surface area contributed by atoms with Gasteiger partial charge in [-0.05, 0) is 39.0 Å². The minimum absolute atomic E-state index is 0.0536. The molecule has 2 aromatic heterocycles. The summed E-state index contributed by atoms with van der Waals surface area (Å²) in [5.74, 6) is 0.662. The van der Waals surface area contributed by atoms with Gasteiger partial charge in [0.2, 0.25) is 5.13 Å². The zero-order valence-electron chi connectivity index (χ0n) is 17.9. The van der Waals surface area contributed by atoms with Gasteiger partial charge >= 0.3 is 0 Å². The Hall–Kier alpha value is -2.53. The first-order valence-electron chi connectivity index (χ1n) is 10.3. The van der Waals surface area contributed by atoms with Gasteiger partial charge in [-0.15, -0.1) is 10.2 Å². The molecule has 166 valence electrons. The number of aromatic nitrogens is 4. The number of benzene rings is 1. The average molecular weight is 445 g/mol. The Balaban J connectivity index is 1.56. The molecule has 9 nitrogen and oxygen atoms in total. The minimum Gasteiger partial charge on any atom is -0.489 e. The number of nitrogen functional groups attached to an aromatic ring is 1. The van der Waals surface area contributed by atoms with E-state index in [1.54, 1.807) is 0 Å². The van der Waals surface area contributed by atoms with E-state index in [9.17, 15) is 5.11 Å². The molecule has 0 fully saturated rings. The molecule has 1 aromatic carbocycles. The van der Waals surface area contributed by atoms with Crippen molar-refractivity contribution < 1.29 is 14.9 Å². The van der Waals surface area contributed by atoms with Gasteiger partial charge in [-0.2, -0.15) is 5.10 Å². The number of β-amino-alcohol motifs (C(OH)–C–C–N with tert-alkyl or cyclic N) is 1. The molecular formula is C21H28N6O3S. The largest absolute Gasteiger partial charge is 0.489 e. The fraction of sp³-hybridized carbons (Fsp3) is 0.476. The molecule has 3 heterocycles. The van der Waals surface area contributed by atoms with E-state index in [2.05, 4.69) is 15.1 Å². The molecule has 1 aliphatic heterocycles. The van der Waals surface area contributed by atoms with Crippen molar-refractivity contribution in [1.82, 2.24) is 24.9 Å². The number of aliphatic hydroxyl groups is 2. The number of rotatable bonds is 7. The quantitative estimate of drug-likeness (QED) is 0.471. The first-order chi connectivity index (χ1) is 14.9. The molecule has 0 spiro atoms. The maximum atomic E-state index is 9.76. The fourth-order valence-electron chi connectivity index (χ4n) is 3.72. The Kier molecular flexibility index (Phi) is 6.24. The lowest BCUT2D eigenvalue weighted by molar-refractivity contribution is 0.0549. The summed E-state index contributed by atoms with van der Waals surface area (Å²) in [6.07, 6.45) is 0.117. The maximum Gasteiger partial charge on any atom is 0.233 e. The van der Waals surface area contributed by atoms with Crippen molar-refractivity contribution in [3.63, 3.8) is 0 Å². The Morgan fingerprint density at radius 2 is 2.10 bits per heavy atom. The molecule has 1 aliphatic rings. The highest BCUT2D eigenvalue weighted by Crippen LogP contribution is 2.33. The Labute approximate surface area is 185 Å². The van der Waals surface area contributed by atoms with Crippen molar-refractivity contribution in [2.75, 3.05) is 25.4 Å². The zero-order valence-corrected chi connectivity index (χ0v) is 18.8. The highest BCUT2D eigenvalue weighted by atomic mass is 32.1. The number of hydrogen-bond donors (Lipinski definition) is 3. The van der Waals surface area contributed by atoms with E-state index < -0.39 is 6.10 Å². The summed E-state index contributed by atoms with van der Waals surface area (Å²) < 4.78 is 7.55. The normalized spacial score (nSPS) is 15.3. The molecule has 4 rings (SSSR count). The van der Waals surface area contributed by atoms with Crippen molar-refractivity contribution in [3.05, 3.63) is 35.2 Å². The summed E-state index contributed by atoms with van der Waals surface area (Å²) in [6.45, 7) is 7.65. The van der Waals surface area contributed by atoms with Crippen LogP contribution in [0.1, 0.15) is 30.8 Å². The van der Waals surface area contributed by atoms with Crippen LogP contribution in [-0.4, -0.2) is 67.0 Å². The van der Waals surface area contributed by atoms with Crippen LogP contribution in [0, 0.1) is 6.92 Å². The van der Waals surface area contributed by atoms with Gasteiger partial charge in [0, 0.05) is 42.9 Å². The van der Waals surface area contributed by atoms with Crippen molar-refractivity contribution in [2.24, 2.45) is 0 Å². The molecule has 0 amide bonds. The minimum atomic E-state index is -0.729. The molecule has 0 saturated heterocycles. The molecule has 4 N–H and O–H groups in total. The third-order valence-electron chi connectivity index (χ3n) is 5.26. The summed E-state index contributed by atoms with van der Waals surface area (Å²) in [7, 11) is 0. The van der Waals surface area contributed by atoms with Gasteiger partial charge in [0.25, 0.3) is 0 Å². The van der Waals surface area contributed by atoms with Crippen molar-refractivity contribution >= 4 is 17.0 Å². The lowest BCUT2D eigenvalue weighted by Crippen LogP contribution is -2.37. The second-order valence-corrected chi connectivity index (χ2v) is 9.01. The van der Waals surface area contributed by atoms with E-state index in [1.165, 1.54) is 11.3 Å². The van der Waals surface area contributed by atoms with E-state index in [4.69, 9.17) is 20.7 Å². The van der Waals surface area contributed by atoms with Gasteiger partial charge < -0.3 is 20.7 Å². The summed E-state index contributed by atoms with van der Waals surface area (Å²) in [5, 5.41) is 33.8. The molecule has 31 heavy (non-hydrogen) atoms. The number of anilines is 1. The molecule has 0 bridgehead atoms. The number of hydrogen-bond acceptors (Lipinski definition) is 9. The van der Waals surface area contributed by atoms with Crippen LogP contribution in [0.3, 0.4) is 0 Å². The van der Waals surface area contributed by atoms with Crippen LogP contribution < -0.4 is 10.5 Å². The van der Waals surface area contributed by atoms with Gasteiger partial charge in [-0.1, -0.05) is 11.3 Å². The van der Waals surface area contributed by atoms with Crippen LogP contribution in [0.4, 0.5) is 5.69 Å². The summed E-state index contributed by atoms with van der Waals surface area (Å²) in [5.41, 5.74) is 10.8. The monoisotopic (exact) mass is 444 g/mol. The van der Waals surface area contributed by atoms with Crippen LogP contribution >= 0.6 is 11.3 Å². The maximum absolute atomic E-state index is 9.76. The van der Waals surface area contributed by atoms with E-state index in [1.807, 2.05) is 43.7 Å². The van der Waals surface area contributed by atoms with Gasteiger partial charge in [-0.25, -0.2) is 4.68 Å². The molecule has 0 aliphatic carbocycles. The Morgan fingerprint density at radius 3 is 2.81 bits per heavy atom. The summed E-state index contributed by atoms with van der Waals surface area (Å²) in [4.78, 5) is 2.14. The van der Waals surface area contributed by atoms with Crippen molar-refractivity contribution in [1.29, 1.82) is 0 Å². The molecule has 0 unspecified atom stereocenters. The predicted molar refractivity (Wildman–Crippen MR) is 119 cm³/mol. The number of nitrogens with two attached hydrogens (primary N) is 1. The first kappa shape index (κ1) is 21.7. The fourth-order valence-corrected chi connectivity index (χ4v) is 4.57. The predicted octanol–water partition coefficient (Wildman–Crippen LogP) is 1.78. The van der Waals surface area contributed by atoms with E-state index in [0.717, 1.165) is 40.5 Å². The topological polar surface area (TPSA) is 123 Å². The second kappa shape index (κ2) is 8.91. The summed E-state index contributed by atoms with van der Waals surface area (Å²) >= 11 is 1.46. The lowest BCUT2D eigenvalue weighted by Gasteiger charge is -2.27. The standard InChI is InChI=1S/C21H28N6O3S/c1-12(2)30-19-5-4-14(8-17(19)22)20-23-24-21(31-20)27-13(3)16-10-26(9-15(29)11-28)7-6-18(16)25-27/h4-5,8,12,15,28-29H,6-7,9-11,22H2,1-3H3/t15-/m1/s1. The van der Waals surface area contributed by atoms with Gasteiger partial charge in [-0.3, -0.25) is 4.90 Å². The Bertz CT molecular complexity index is 1060. The second-order valence-electron chi connectivity index (χ2n) is 8.05. The average Bonchev–Trinajstić information content (AvgIpc) is 3.34. The van der Waals surface area contributed by atoms with Gasteiger partial charge in [0.05, 0.1) is 30.2 Å². The van der Waals surface area contributed by atoms with Crippen LogP contribution in [0.5, 0.6) is 5.75 Å². The molecule has 0 saturated carbocycles. The number of nitrogens with zero attached hydrogens (tertiary/aromatic N) is 5. The number of aliphatic hydroxyl groups excluding tert-OH is 2. The van der Waals surface area contributed by atoms with Crippen molar-refractivity contribution in [2.45, 2.75) is 45.9 Å². The van der Waals surface area contributed by atoms with E-state index in [0.29, 0.717) is 29.7 Å². The molecule has 1 atom stereocenters. The first-order valence-corrected chi connectivity index (χ1v) is 11.2. The zero-order chi connectivity index (χ0) is 22.1. The third-order valence-corrected chi connectivity index (χ3v) is 6.21. The van der Waals surface area contributed by atoms with Gasteiger partial charge in [0.15, 0.2) is 0 Å².